The van der Waals surface area contributed by atoms with Crippen molar-refractivity contribution in [2.45, 2.75) is 16.2 Å². The molecule has 3 nitrogen and oxygen atoms in total. The Labute approximate surface area is 631 Å². The Morgan fingerprint density at radius 3 is 1.00 bits per heavy atom. The molecule has 3 heterocycles. The van der Waals surface area contributed by atoms with Crippen molar-refractivity contribution in [2.24, 2.45) is 0 Å². The van der Waals surface area contributed by atoms with Gasteiger partial charge in [0.2, 0.25) is 0 Å². The Morgan fingerprint density at radius 1 is 0.193 bits per heavy atom. The van der Waals surface area contributed by atoms with Gasteiger partial charge in [0, 0.05) is 44.9 Å². The first-order valence-corrected chi connectivity index (χ1v) is 38.4. The largest absolute Gasteiger partial charge is 0.311 e. The van der Waals surface area contributed by atoms with E-state index in [2.05, 4.69) is 390 Å². The van der Waals surface area contributed by atoms with Gasteiger partial charge in [0.1, 0.15) is 0 Å². The lowest BCUT2D eigenvalue weighted by Crippen LogP contribution is -2.61. The minimum absolute atomic E-state index is 0.251. The summed E-state index contributed by atoms with van der Waals surface area (Å²) in [6.45, 7) is -0.251. The molecule has 0 saturated heterocycles. The molecule has 3 spiro atoms. The Morgan fingerprint density at radius 2 is 0.532 bits per heavy atom. The number of nitrogens with zero attached hydrogens (tertiary/aromatic N) is 3. The number of hydrogen-bond donors (Lipinski definition) is 0. The average Bonchev–Trinajstić information content (AvgIpc) is 1.52. The fraction of sp³-hybridized carbons (Fsp3) is 0.0286. The topological polar surface area (TPSA) is 11.4 Å². The van der Waals surface area contributed by atoms with Crippen LogP contribution in [0.15, 0.2) is 376 Å². The second-order valence-corrected chi connectivity index (χ2v) is 31.1. The summed E-state index contributed by atoms with van der Waals surface area (Å²) in [6, 6.07) is 146. The predicted molar refractivity (Wildman–Crippen MR) is 449 cm³/mol. The molecule has 4 heteroatoms. The number of anilines is 6. The van der Waals surface area contributed by atoms with Gasteiger partial charge >= 0.3 is 0 Å². The number of aromatic nitrogens is 1. The van der Waals surface area contributed by atoms with Crippen molar-refractivity contribution in [2.75, 3.05) is 9.80 Å². The van der Waals surface area contributed by atoms with E-state index in [9.17, 15) is 0 Å². The van der Waals surface area contributed by atoms with E-state index in [1.807, 2.05) is 0 Å². The fourth-order valence-electron chi connectivity index (χ4n) is 22.7. The summed E-state index contributed by atoms with van der Waals surface area (Å²) in [7, 11) is 0. The van der Waals surface area contributed by atoms with Gasteiger partial charge in [0.15, 0.2) is 0 Å². The van der Waals surface area contributed by atoms with Crippen molar-refractivity contribution in [1.82, 2.24) is 4.57 Å². The maximum Gasteiger partial charge on any atom is 0.252 e. The summed E-state index contributed by atoms with van der Waals surface area (Å²) in [5.41, 5.74) is 46.0. The number of para-hydroxylation sites is 2. The minimum Gasteiger partial charge on any atom is -0.311 e. The van der Waals surface area contributed by atoms with Crippen molar-refractivity contribution >= 4 is 79.0 Å². The summed E-state index contributed by atoms with van der Waals surface area (Å²) < 4.78 is 2.56. The first kappa shape index (κ1) is 58.5. The maximum atomic E-state index is 2.75. The first-order valence-electron chi connectivity index (χ1n) is 38.4. The fourth-order valence-corrected chi connectivity index (χ4v) is 22.7. The molecule has 6 aliphatic carbocycles. The van der Waals surface area contributed by atoms with Crippen LogP contribution in [-0.2, 0) is 16.2 Å². The van der Waals surface area contributed by atoms with Crippen molar-refractivity contribution < 1.29 is 0 Å². The van der Waals surface area contributed by atoms with Crippen LogP contribution in [0.3, 0.4) is 0 Å². The van der Waals surface area contributed by atoms with E-state index in [0.29, 0.717) is 0 Å². The van der Waals surface area contributed by atoms with E-state index in [1.165, 1.54) is 177 Å². The molecule has 26 rings (SSSR count). The number of hydrogen-bond acceptors (Lipinski definition) is 2. The van der Waals surface area contributed by atoms with E-state index in [1.54, 1.807) is 0 Å². The molecule has 0 amide bonds. The Hall–Kier alpha value is -13.8. The van der Waals surface area contributed by atoms with Crippen LogP contribution in [0, 0.1) is 0 Å². The Bertz CT molecular complexity index is 6960. The molecule has 0 fully saturated rings. The van der Waals surface area contributed by atoms with E-state index >= 15 is 0 Å². The number of rotatable bonds is 4. The van der Waals surface area contributed by atoms with E-state index < -0.39 is 16.2 Å². The molecule has 2 aliphatic heterocycles. The third-order valence-corrected chi connectivity index (χ3v) is 26.6. The van der Waals surface area contributed by atoms with Crippen molar-refractivity contribution in [3.8, 4) is 83.6 Å². The van der Waals surface area contributed by atoms with E-state index in [4.69, 9.17) is 0 Å². The van der Waals surface area contributed by atoms with Gasteiger partial charge in [-0.05, 0) is 222 Å². The molecule has 0 saturated carbocycles. The second kappa shape index (κ2) is 20.8. The van der Waals surface area contributed by atoms with Gasteiger partial charge in [-0.1, -0.05) is 315 Å². The van der Waals surface area contributed by atoms with Crippen LogP contribution in [0.1, 0.15) is 66.8 Å². The molecular formula is C105H62BN3. The van der Waals surface area contributed by atoms with Crippen LogP contribution >= 0.6 is 0 Å². The van der Waals surface area contributed by atoms with Gasteiger partial charge in [-0.25, -0.2) is 0 Å². The predicted octanol–water partition coefficient (Wildman–Crippen LogP) is 23.6. The summed E-state index contributed by atoms with van der Waals surface area (Å²) in [5.74, 6) is 0. The maximum absolute atomic E-state index is 2.75. The van der Waals surface area contributed by atoms with Crippen LogP contribution in [0.25, 0.3) is 105 Å². The van der Waals surface area contributed by atoms with Crippen molar-refractivity contribution in [3.63, 3.8) is 0 Å². The highest BCUT2D eigenvalue weighted by Crippen LogP contribution is 2.68. The van der Waals surface area contributed by atoms with Crippen LogP contribution in [0.4, 0.5) is 34.1 Å². The standard InChI is InChI=1S/C105H62BN3/c1-2-26-63(27-3-1)64-50-55-98-94(56-64)106-95-61-81-76-36-12-23-47-90(76)105(86-43-19-8-32-72(86)73-33-9-20-44-87(73)105)93(81)62-99(95)108(66-51-53-77-74-34-10-21-45-88(74)104(92(77)58-66)84-41-17-6-30-70(84)71-31-7-18-42-85(71)104)101-60-67(109-96-48-24-13-37-78(96)79-38-14-25-49-97(79)109)59-100(102(101)106)107(98)65-52-54-91-80(57-65)75-35-11-22-46-89(75)103(91)82-39-15-4-28-68(82)69-29-5-16-40-83(69)103/h1-62H. The highest BCUT2D eigenvalue weighted by Gasteiger charge is 2.57. The lowest BCUT2D eigenvalue weighted by Gasteiger charge is -2.45. The lowest BCUT2D eigenvalue weighted by atomic mass is 9.33. The zero-order valence-corrected chi connectivity index (χ0v) is 59.2. The summed E-state index contributed by atoms with van der Waals surface area (Å²) in [6.07, 6.45) is 0. The van der Waals surface area contributed by atoms with Crippen LogP contribution < -0.4 is 26.2 Å². The third-order valence-electron chi connectivity index (χ3n) is 26.6. The minimum atomic E-state index is -0.619. The van der Waals surface area contributed by atoms with Gasteiger partial charge in [-0.15, -0.1) is 0 Å². The lowest BCUT2D eigenvalue weighted by molar-refractivity contribution is 0.792. The zero-order valence-electron chi connectivity index (χ0n) is 59.2. The van der Waals surface area contributed by atoms with Gasteiger partial charge < -0.3 is 14.4 Å². The summed E-state index contributed by atoms with van der Waals surface area (Å²) in [5, 5.41) is 2.44. The van der Waals surface area contributed by atoms with E-state index in [0.717, 1.165) is 45.2 Å². The van der Waals surface area contributed by atoms with Crippen LogP contribution in [-0.4, -0.2) is 11.3 Å². The van der Waals surface area contributed by atoms with Gasteiger partial charge in [0.05, 0.1) is 33.0 Å². The SMILES string of the molecule is c1ccc(-c2ccc3c(c2)B2c4cc5c(cc4N(c4ccc6c(c4)C4(c7ccccc7-c7ccccc74)c4ccccc4-6)c4cc(-n6c7ccccc7c7ccccc76)cc(c42)N3c2ccc3c(c2)-c2ccccc2C32c3ccccc3-c3ccccc32)C2(c3ccccc3-c3ccccc32)c2ccccc2-5)cc1. The van der Waals surface area contributed by atoms with E-state index in [-0.39, 0.29) is 6.71 Å². The quantitative estimate of drug-likeness (QED) is 0.163. The monoisotopic (exact) mass is 1380 g/mol. The highest BCUT2D eigenvalue weighted by molar-refractivity contribution is 7.00. The molecule has 0 N–H and O–H groups in total. The molecular weight excluding hydrogens is 1310 g/mol. The molecule has 17 aromatic carbocycles. The third kappa shape index (κ3) is 7.00. The van der Waals surface area contributed by atoms with Gasteiger partial charge in [0.25, 0.3) is 6.71 Å². The van der Waals surface area contributed by atoms with Crippen molar-refractivity contribution in [1.29, 1.82) is 0 Å². The van der Waals surface area contributed by atoms with Gasteiger partial charge in [-0.3, -0.25) is 0 Å². The number of benzene rings is 17. The average molecular weight is 1380 g/mol. The second-order valence-electron chi connectivity index (χ2n) is 31.1. The molecule has 500 valence electrons. The van der Waals surface area contributed by atoms with Crippen LogP contribution in [0.5, 0.6) is 0 Å². The first-order chi connectivity index (χ1) is 54.1. The molecule has 0 atom stereocenters. The molecule has 0 radical (unpaired) electrons. The summed E-state index contributed by atoms with van der Waals surface area (Å²) in [4.78, 5) is 5.42. The molecule has 1 aromatic heterocycles. The Kier molecular flexibility index (Phi) is 11.2. The van der Waals surface area contributed by atoms with Crippen LogP contribution in [0.2, 0.25) is 0 Å². The molecule has 18 aromatic rings. The highest BCUT2D eigenvalue weighted by atomic mass is 15.2. The molecule has 8 aliphatic rings. The normalized spacial score (nSPS) is 15.0. The van der Waals surface area contributed by atoms with Crippen molar-refractivity contribution in [3.05, 3.63) is 443 Å². The zero-order chi connectivity index (χ0) is 70.7. The molecule has 109 heavy (non-hydrogen) atoms. The molecule has 0 unspecified atom stereocenters. The summed E-state index contributed by atoms with van der Waals surface area (Å²) >= 11 is 0. The Balaban J connectivity index is 0.816. The smallest absolute Gasteiger partial charge is 0.252 e. The van der Waals surface area contributed by atoms with Gasteiger partial charge in [-0.2, -0.15) is 0 Å². The molecule has 0 bridgehead atoms. The number of fused-ring (bicyclic) bond motifs is 37.